The summed E-state index contributed by atoms with van der Waals surface area (Å²) < 4.78 is 12.4. The topological polar surface area (TPSA) is 18.5 Å². The van der Waals surface area contributed by atoms with Crippen molar-refractivity contribution in [1.29, 1.82) is 0 Å². The van der Waals surface area contributed by atoms with Crippen molar-refractivity contribution in [3.05, 3.63) is 48.6 Å². The van der Waals surface area contributed by atoms with Gasteiger partial charge in [-0.15, -0.1) is 6.58 Å². The molecule has 0 saturated carbocycles. The number of hydrogen-bond donors (Lipinski definition) is 0. The van der Waals surface area contributed by atoms with Crippen LogP contribution in [0.25, 0.3) is 0 Å². The molecule has 1 aliphatic rings. The van der Waals surface area contributed by atoms with Crippen molar-refractivity contribution in [2.24, 2.45) is 11.3 Å². The molecule has 0 aromatic heterocycles. The third-order valence-electron chi connectivity index (χ3n) is 4.37. The predicted octanol–water partition coefficient (Wildman–Crippen LogP) is 4.99. The fraction of sp³-hybridized carbons (Fsp3) is 0.600. The number of benzene rings is 1. The summed E-state index contributed by atoms with van der Waals surface area (Å²) in [6.07, 6.45) is 5.35. The van der Waals surface area contributed by atoms with Gasteiger partial charge < -0.3 is 9.47 Å². The van der Waals surface area contributed by atoms with Crippen LogP contribution >= 0.6 is 0 Å². The van der Waals surface area contributed by atoms with E-state index in [0.29, 0.717) is 5.92 Å². The highest BCUT2D eigenvalue weighted by molar-refractivity contribution is 5.14. The lowest BCUT2D eigenvalue weighted by Gasteiger charge is -2.43. The molecule has 1 saturated heterocycles. The second kappa shape index (κ2) is 7.43. The molecule has 0 N–H and O–H groups in total. The lowest BCUT2D eigenvalue weighted by molar-refractivity contribution is -0.285. The summed E-state index contributed by atoms with van der Waals surface area (Å²) in [5.41, 5.74) is 1.36. The van der Waals surface area contributed by atoms with Gasteiger partial charge in [-0.2, -0.15) is 0 Å². The first-order valence-electron chi connectivity index (χ1n) is 8.37. The Morgan fingerprint density at radius 3 is 2.50 bits per heavy atom. The van der Waals surface area contributed by atoms with Crippen molar-refractivity contribution in [2.45, 2.75) is 65.5 Å². The number of ether oxygens (including phenoxy) is 2. The average molecular weight is 302 g/mol. The van der Waals surface area contributed by atoms with E-state index in [9.17, 15) is 0 Å². The summed E-state index contributed by atoms with van der Waals surface area (Å²) in [5.74, 6) is 0.355. The monoisotopic (exact) mass is 302 g/mol. The molecule has 0 radical (unpaired) electrons. The SMILES string of the molecule is C=C[C@H](C)[C@@H]1C[C@@H](CCc2ccccc2)O[C@@H](C(C)(C)C)O1. The fourth-order valence-electron chi connectivity index (χ4n) is 2.79. The molecule has 1 aromatic carbocycles. The van der Waals surface area contributed by atoms with E-state index in [0.717, 1.165) is 19.3 Å². The van der Waals surface area contributed by atoms with Crippen LogP contribution < -0.4 is 0 Å². The molecule has 4 atom stereocenters. The van der Waals surface area contributed by atoms with E-state index in [1.165, 1.54) is 5.56 Å². The van der Waals surface area contributed by atoms with Crippen LogP contribution in [0.3, 0.4) is 0 Å². The Bertz CT molecular complexity index is 460. The standard InChI is InChI=1S/C20H30O2/c1-6-15(2)18-14-17(21-19(22-18)20(3,4)5)13-12-16-10-8-7-9-11-16/h6-11,15,17-19H,1,12-14H2,2-5H3/t15-,17+,18-,19+/m0/s1. The van der Waals surface area contributed by atoms with E-state index < -0.39 is 0 Å². The van der Waals surface area contributed by atoms with Gasteiger partial charge in [-0.25, -0.2) is 0 Å². The van der Waals surface area contributed by atoms with Crippen molar-refractivity contribution >= 4 is 0 Å². The normalized spacial score (nSPS) is 27.4. The summed E-state index contributed by atoms with van der Waals surface area (Å²) in [6.45, 7) is 12.6. The number of rotatable bonds is 5. The molecule has 0 bridgehead atoms. The van der Waals surface area contributed by atoms with Crippen LogP contribution in [-0.2, 0) is 15.9 Å². The van der Waals surface area contributed by atoms with Crippen LogP contribution in [0.1, 0.15) is 46.1 Å². The van der Waals surface area contributed by atoms with E-state index >= 15 is 0 Å². The lowest BCUT2D eigenvalue weighted by atomic mass is 9.90. The molecule has 22 heavy (non-hydrogen) atoms. The lowest BCUT2D eigenvalue weighted by Crippen LogP contribution is -2.46. The van der Waals surface area contributed by atoms with Gasteiger partial charge >= 0.3 is 0 Å². The molecule has 1 fully saturated rings. The molecule has 0 aliphatic carbocycles. The Morgan fingerprint density at radius 2 is 1.91 bits per heavy atom. The van der Waals surface area contributed by atoms with Crippen LogP contribution in [0.5, 0.6) is 0 Å². The Morgan fingerprint density at radius 1 is 1.23 bits per heavy atom. The summed E-state index contributed by atoms with van der Waals surface area (Å²) in [7, 11) is 0. The van der Waals surface area contributed by atoms with Gasteiger partial charge in [-0.3, -0.25) is 0 Å². The zero-order chi connectivity index (χ0) is 16.2. The molecule has 2 nitrogen and oxygen atoms in total. The van der Waals surface area contributed by atoms with Crippen LogP contribution in [0.15, 0.2) is 43.0 Å². The van der Waals surface area contributed by atoms with Crippen molar-refractivity contribution in [3.8, 4) is 0 Å². The van der Waals surface area contributed by atoms with Gasteiger partial charge in [0.05, 0.1) is 12.2 Å². The van der Waals surface area contributed by atoms with Gasteiger partial charge in [0.1, 0.15) is 0 Å². The fourth-order valence-corrected chi connectivity index (χ4v) is 2.79. The van der Waals surface area contributed by atoms with Crippen molar-refractivity contribution < 1.29 is 9.47 Å². The Labute approximate surface area is 135 Å². The molecule has 0 unspecified atom stereocenters. The number of aryl methyl sites for hydroxylation is 1. The van der Waals surface area contributed by atoms with Crippen LogP contribution in [0.4, 0.5) is 0 Å². The maximum atomic E-state index is 6.24. The van der Waals surface area contributed by atoms with Crippen LogP contribution in [0.2, 0.25) is 0 Å². The third kappa shape index (κ3) is 4.69. The highest BCUT2D eigenvalue weighted by Crippen LogP contribution is 2.34. The van der Waals surface area contributed by atoms with Gasteiger partial charge in [0, 0.05) is 17.8 Å². The summed E-state index contributed by atoms with van der Waals surface area (Å²) in [5, 5.41) is 0. The minimum absolute atomic E-state index is 0.00937. The highest BCUT2D eigenvalue weighted by atomic mass is 16.7. The third-order valence-corrected chi connectivity index (χ3v) is 4.37. The quantitative estimate of drug-likeness (QED) is 0.714. The first kappa shape index (κ1) is 17.2. The van der Waals surface area contributed by atoms with Gasteiger partial charge in [0.15, 0.2) is 6.29 Å². The van der Waals surface area contributed by atoms with Crippen molar-refractivity contribution in [2.75, 3.05) is 0 Å². The maximum Gasteiger partial charge on any atom is 0.163 e. The molecule has 2 rings (SSSR count). The molecular formula is C20H30O2. The van der Waals surface area contributed by atoms with E-state index in [1.807, 2.05) is 6.08 Å². The van der Waals surface area contributed by atoms with Gasteiger partial charge in [-0.05, 0) is 18.4 Å². The first-order valence-corrected chi connectivity index (χ1v) is 8.37. The van der Waals surface area contributed by atoms with Gasteiger partial charge in [0.2, 0.25) is 0 Å². The molecular weight excluding hydrogens is 272 g/mol. The van der Waals surface area contributed by atoms with Crippen molar-refractivity contribution in [1.82, 2.24) is 0 Å². The molecule has 0 amide bonds. The number of hydrogen-bond acceptors (Lipinski definition) is 2. The molecule has 0 spiro atoms. The Hall–Kier alpha value is -1.12. The minimum Gasteiger partial charge on any atom is -0.349 e. The van der Waals surface area contributed by atoms with E-state index in [2.05, 4.69) is 64.6 Å². The predicted molar refractivity (Wildman–Crippen MR) is 91.7 cm³/mol. The Balaban J connectivity index is 2.00. The summed E-state index contributed by atoms with van der Waals surface area (Å²) >= 11 is 0. The summed E-state index contributed by atoms with van der Waals surface area (Å²) in [6, 6.07) is 10.6. The second-order valence-electron chi connectivity index (χ2n) is 7.49. The zero-order valence-electron chi connectivity index (χ0n) is 14.4. The molecule has 1 aliphatic heterocycles. The van der Waals surface area contributed by atoms with Crippen molar-refractivity contribution in [3.63, 3.8) is 0 Å². The largest absolute Gasteiger partial charge is 0.349 e. The highest BCUT2D eigenvalue weighted by Gasteiger charge is 2.38. The van der Waals surface area contributed by atoms with Crippen LogP contribution in [-0.4, -0.2) is 18.5 Å². The average Bonchev–Trinajstić information content (AvgIpc) is 2.52. The molecule has 1 heterocycles. The molecule has 1 aromatic rings. The maximum absolute atomic E-state index is 6.24. The van der Waals surface area contributed by atoms with E-state index in [1.54, 1.807) is 0 Å². The summed E-state index contributed by atoms with van der Waals surface area (Å²) in [4.78, 5) is 0. The van der Waals surface area contributed by atoms with E-state index in [4.69, 9.17) is 9.47 Å². The van der Waals surface area contributed by atoms with E-state index in [-0.39, 0.29) is 23.9 Å². The molecule has 2 heteroatoms. The zero-order valence-corrected chi connectivity index (χ0v) is 14.4. The smallest absolute Gasteiger partial charge is 0.163 e. The minimum atomic E-state index is -0.144. The second-order valence-corrected chi connectivity index (χ2v) is 7.49. The van der Waals surface area contributed by atoms with Crippen LogP contribution in [0, 0.1) is 11.3 Å². The Kier molecular flexibility index (Phi) is 5.82. The van der Waals surface area contributed by atoms with Gasteiger partial charge in [0.25, 0.3) is 0 Å². The first-order chi connectivity index (χ1) is 10.4. The molecule has 122 valence electrons. The van der Waals surface area contributed by atoms with Gasteiger partial charge in [-0.1, -0.05) is 64.1 Å².